The molecule has 0 radical (unpaired) electrons. The maximum Gasteiger partial charge on any atom is 0.161 e. The molecular formula is C17H18Br2O2. The molecule has 0 heterocycles. The molecule has 112 valence electrons. The van der Waals surface area contributed by atoms with Gasteiger partial charge in [0.05, 0.1) is 13.7 Å². The lowest BCUT2D eigenvalue weighted by atomic mass is 9.98. The van der Waals surface area contributed by atoms with Crippen molar-refractivity contribution in [2.75, 3.05) is 19.0 Å². The molecule has 0 bridgehead atoms. The summed E-state index contributed by atoms with van der Waals surface area (Å²) in [4.78, 5) is 0. The van der Waals surface area contributed by atoms with E-state index in [-0.39, 0.29) is 0 Å². The Morgan fingerprint density at radius 3 is 2.29 bits per heavy atom. The van der Waals surface area contributed by atoms with Crippen LogP contribution in [-0.4, -0.2) is 19.0 Å². The number of hydrogen-bond acceptors (Lipinski definition) is 2. The fourth-order valence-corrected chi connectivity index (χ4v) is 3.08. The van der Waals surface area contributed by atoms with Crippen LogP contribution in [0.4, 0.5) is 0 Å². The molecule has 1 atom stereocenters. The second-order valence-corrected chi connectivity index (χ2v) is 6.25. The summed E-state index contributed by atoms with van der Waals surface area (Å²) in [6.07, 6.45) is 0.949. The van der Waals surface area contributed by atoms with Crippen LogP contribution in [0.25, 0.3) is 0 Å². The lowest BCUT2D eigenvalue weighted by Crippen LogP contribution is -2.07. The van der Waals surface area contributed by atoms with Crippen molar-refractivity contribution >= 4 is 31.9 Å². The van der Waals surface area contributed by atoms with Gasteiger partial charge in [0.15, 0.2) is 11.5 Å². The number of hydrogen-bond donors (Lipinski definition) is 0. The van der Waals surface area contributed by atoms with Crippen LogP contribution in [0.1, 0.15) is 17.9 Å². The molecule has 0 aromatic heterocycles. The number of benzene rings is 2. The maximum atomic E-state index is 5.85. The largest absolute Gasteiger partial charge is 0.493 e. The molecule has 2 rings (SSSR count). The highest BCUT2D eigenvalue weighted by molar-refractivity contribution is 9.10. The monoisotopic (exact) mass is 412 g/mol. The Bertz CT molecular complexity index is 555. The number of rotatable bonds is 7. The average molecular weight is 414 g/mol. The summed E-state index contributed by atoms with van der Waals surface area (Å²) in [7, 11) is 1.66. The van der Waals surface area contributed by atoms with Gasteiger partial charge in [-0.3, -0.25) is 0 Å². The van der Waals surface area contributed by atoms with Crippen molar-refractivity contribution in [1.82, 2.24) is 0 Å². The van der Waals surface area contributed by atoms with Crippen molar-refractivity contribution in [3.8, 4) is 11.5 Å². The number of methoxy groups -OCH3 is 1. The van der Waals surface area contributed by atoms with Crippen LogP contribution in [0, 0.1) is 0 Å². The number of halogens is 2. The van der Waals surface area contributed by atoms with Crippen LogP contribution >= 0.6 is 31.9 Å². The second kappa shape index (κ2) is 8.44. The van der Waals surface area contributed by atoms with Crippen LogP contribution in [0.2, 0.25) is 0 Å². The molecule has 0 fully saturated rings. The smallest absolute Gasteiger partial charge is 0.161 e. The Kier molecular flexibility index (Phi) is 6.58. The van der Waals surface area contributed by atoms with Gasteiger partial charge in [0, 0.05) is 9.80 Å². The van der Waals surface area contributed by atoms with Gasteiger partial charge in [-0.2, -0.15) is 0 Å². The van der Waals surface area contributed by atoms with Gasteiger partial charge in [-0.05, 0) is 42.2 Å². The predicted molar refractivity (Wildman–Crippen MR) is 93.8 cm³/mol. The summed E-state index contributed by atoms with van der Waals surface area (Å²) >= 11 is 7.06. The minimum absolute atomic E-state index is 0.438. The van der Waals surface area contributed by atoms with E-state index in [9.17, 15) is 0 Å². The summed E-state index contributed by atoms with van der Waals surface area (Å²) in [6.45, 7) is 0.659. The highest BCUT2D eigenvalue weighted by atomic mass is 79.9. The van der Waals surface area contributed by atoms with Gasteiger partial charge < -0.3 is 9.47 Å². The molecule has 0 saturated carbocycles. The van der Waals surface area contributed by atoms with Gasteiger partial charge in [0.25, 0.3) is 0 Å². The average Bonchev–Trinajstić information content (AvgIpc) is 2.53. The molecule has 0 aliphatic carbocycles. The summed E-state index contributed by atoms with van der Waals surface area (Å²) in [5, 5.41) is 0.921. The van der Waals surface area contributed by atoms with E-state index < -0.39 is 0 Å². The van der Waals surface area contributed by atoms with Crippen LogP contribution < -0.4 is 9.47 Å². The molecule has 4 heteroatoms. The van der Waals surface area contributed by atoms with Crippen LogP contribution in [0.5, 0.6) is 11.5 Å². The summed E-state index contributed by atoms with van der Waals surface area (Å²) in [5.74, 6) is 2.01. The van der Waals surface area contributed by atoms with Crippen molar-refractivity contribution in [3.63, 3.8) is 0 Å². The summed E-state index contributed by atoms with van der Waals surface area (Å²) in [5.41, 5.74) is 1.32. The maximum absolute atomic E-state index is 5.85. The Labute approximate surface area is 142 Å². The molecule has 2 aromatic rings. The Hall–Kier alpha value is -1.00. The molecule has 0 spiro atoms. The Balaban J connectivity index is 1.93. The molecule has 21 heavy (non-hydrogen) atoms. The first kappa shape index (κ1) is 16.4. The minimum atomic E-state index is 0.438. The third-order valence-corrected chi connectivity index (χ3v) is 4.63. The van der Waals surface area contributed by atoms with E-state index in [1.807, 2.05) is 24.3 Å². The van der Waals surface area contributed by atoms with E-state index >= 15 is 0 Å². The first-order valence-electron chi connectivity index (χ1n) is 6.82. The molecule has 0 amide bonds. The zero-order chi connectivity index (χ0) is 15.1. The number of para-hydroxylation sites is 2. The van der Waals surface area contributed by atoms with Gasteiger partial charge in [-0.15, -0.1) is 0 Å². The van der Waals surface area contributed by atoms with E-state index in [0.29, 0.717) is 12.5 Å². The lowest BCUT2D eigenvalue weighted by molar-refractivity contribution is 0.282. The van der Waals surface area contributed by atoms with Crippen molar-refractivity contribution in [2.45, 2.75) is 12.3 Å². The van der Waals surface area contributed by atoms with Crippen molar-refractivity contribution in [1.29, 1.82) is 0 Å². The van der Waals surface area contributed by atoms with Gasteiger partial charge in [0.1, 0.15) is 0 Å². The molecule has 2 aromatic carbocycles. The first-order chi connectivity index (χ1) is 10.2. The van der Waals surface area contributed by atoms with Gasteiger partial charge in [0.2, 0.25) is 0 Å². The van der Waals surface area contributed by atoms with Gasteiger partial charge in [-0.1, -0.05) is 56.1 Å². The van der Waals surface area contributed by atoms with Crippen molar-refractivity contribution < 1.29 is 9.47 Å². The van der Waals surface area contributed by atoms with Gasteiger partial charge >= 0.3 is 0 Å². The highest BCUT2D eigenvalue weighted by Crippen LogP contribution is 2.28. The van der Waals surface area contributed by atoms with E-state index in [2.05, 4.69) is 56.1 Å². The lowest BCUT2D eigenvalue weighted by Gasteiger charge is -2.16. The van der Waals surface area contributed by atoms with E-state index in [4.69, 9.17) is 9.47 Å². The Morgan fingerprint density at radius 1 is 1.00 bits per heavy atom. The van der Waals surface area contributed by atoms with E-state index in [1.165, 1.54) is 5.56 Å². The predicted octanol–water partition coefficient (Wildman–Crippen LogP) is 5.41. The number of alkyl halides is 1. The third-order valence-electron chi connectivity index (χ3n) is 3.32. The summed E-state index contributed by atoms with van der Waals surface area (Å²) < 4.78 is 12.2. The van der Waals surface area contributed by atoms with Crippen LogP contribution in [-0.2, 0) is 0 Å². The van der Waals surface area contributed by atoms with E-state index in [1.54, 1.807) is 7.11 Å². The zero-order valence-corrected chi connectivity index (χ0v) is 15.1. The quantitative estimate of drug-likeness (QED) is 0.565. The fourth-order valence-electron chi connectivity index (χ4n) is 2.12. The standard InChI is InChI=1S/C17H18Br2O2/c1-20-16-4-2-3-5-17(16)21-11-10-14(12-18)13-6-8-15(19)9-7-13/h2-9,14H,10-12H2,1H3. The second-order valence-electron chi connectivity index (χ2n) is 4.69. The van der Waals surface area contributed by atoms with Crippen LogP contribution in [0.3, 0.4) is 0 Å². The molecule has 0 aliphatic rings. The van der Waals surface area contributed by atoms with Crippen LogP contribution in [0.15, 0.2) is 53.0 Å². The molecule has 2 nitrogen and oxygen atoms in total. The van der Waals surface area contributed by atoms with E-state index in [0.717, 1.165) is 27.7 Å². The van der Waals surface area contributed by atoms with Crippen molar-refractivity contribution in [3.05, 3.63) is 58.6 Å². The summed E-state index contributed by atoms with van der Waals surface area (Å²) in [6, 6.07) is 16.2. The fraction of sp³-hybridized carbons (Fsp3) is 0.294. The molecule has 1 unspecified atom stereocenters. The minimum Gasteiger partial charge on any atom is -0.493 e. The first-order valence-corrected chi connectivity index (χ1v) is 8.73. The number of ether oxygens (including phenoxy) is 2. The normalized spacial score (nSPS) is 12.0. The molecule has 0 saturated heterocycles. The highest BCUT2D eigenvalue weighted by Gasteiger charge is 2.11. The van der Waals surface area contributed by atoms with Gasteiger partial charge in [-0.25, -0.2) is 0 Å². The molecule has 0 aliphatic heterocycles. The Morgan fingerprint density at radius 2 is 1.67 bits per heavy atom. The zero-order valence-electron chi connectivity index (χ0n) is 11.9. The topological polar surface area (TPSA) is 18.5 Å². The third kappa shape index (κ3) is 4.75. The molecular weight excluding hydrogens is 396 g/mol. The van der Waals surface area contributed by atoms with Crippen molar-refractivity contribution in [2.24, 2.45) is 0 Å². The molecule has 0 N–H and O–H groups in total. The SMILES string of the molecule is COc1ccccc1OCCC(CBr)c1ccc(Br)cc1.